The van der Waals surface area contributed by atoms with Gasteiger partial charge in [0.2, 0.25) is 0 Å². The van der Waals surface area contributed by atoms with Gasteiger partial charge in [0, 0.05) is 70.8 Å². The fraction of sp³-hybridized carbons (Fsp3) is 0.0909. The summed E-state index contributed by atoms with van der Waals surface area (Å²) in [5.41, 5.74) is 14.7. The number of allylic oxidation sites excluding steroid dienone is 12. The quantitative estimate of drug-likeness (QED) is 0.274. The molecule has 5 aliphatic heterocycles. The van der Waals surface area contributed by atoms with Crippen LogP contribution in [0.4, 0.5) is 0 Å². The van der Waals surface area contributed by atoms with Crippen LogP contribution in [-0.4, -0.2) is 22.8 Å². The van der Waals surface area contributed by atoms with Crippen LogP contribution in [0.3, 0.4) is 0 Å². The number of aryl methyl sites for hydroxylation is 4. The number of hydrogen-bond donors (Lipinski definition) is 0. The van der Waals surface area contributed by atoms with Crippen molar-refractivity contribution in [2.24, 2.45) is 48.2 Å². The van der Waals surface area contributed by atoms with E-state index in [-0.39, 0.29) is 0 Å². The summed E-state index contributed by atoms with van der Waals surface area (Å²) in [6.45, 7) is 0. The second-order valence-corrected chi connectivity index (χ2v) is 13.4. The Bertz CT molecular complexity index is 2210. The van der Waals surface area contributed by atoms with E-state index in [0.29, 0.717) is 0 Å². The standard InChI is InChI=1S/C44H36N8/c1-49-21-13-29(14-22-49)41-33-5-7-35(45-33)42(30-15-23-50(2)24-16-30)37-9-11-39(47-37)44(32-19-27-52(4)28-20-32)40-12-10-38(48-40)43(36-8-6-34(41)46-36)31-17-25-51(3)26-18-31/h5-28H,1-4H3/q+4. The van der Waals surface area contributed by atoms with Crippen molar-refractivity contribution >= 4 is 45.1 Å². The summed E-state index contributed by atoms with van der Waals surface area (Å²) in [7, 11) is 8.10. The first-order valence-corrected chi connectivity index (χ1v) is 17.3. The van der Waals surface area contributed by atoms with Gasteiger partial charge in [0.1, 0.15) is 28.2 Å². The van der Waals surface area contributed by atoms with Crippen molar-refractivity contribution in [3.05, 3.63) is 192 Å². The normalized spacial score (nSPS) is 17.5. The molecule has 0 radical (unpaired) electrons. The molecule has 248 valence electrons. The Morgan fingerprint density at radius 1 is 0.288 bits per heavy atom. The second kappa shape index (κ2) is 12.5. The van der Waals surface area contributed by atoms with Gasteiger partial charge in [-0.25, -0.2) is 38.2 Å². The van der Waals surface area contributed by atoms with Crippen molar-refractivity contribution in [1.29, 1.82) is 0 Å². The molecule has 5 aliphatic rings. The molecule has 0 spiro atoms. The Morgan fingerprint density at radius 2 is 0.481 bits per heavy atom. The number of rotatable bonds is 4. The number of hydrogen-bond acceptors (Lipinski definition) is 4. The fourth-order valence-electron chi connectivity index (χ4n) is 6.94. The number of fused-ring (bicyclic) bond motifs is 4. The van der Waals surface area contributed by atoms with E-state index in [2.05, 4.69) is 147 Å². The van der Waals surface area contributed by atoms with Crippen molar-refractivity contribution in [2.75, 3.05) is 0 Å². The van der Waals surface area contributed by atoms with E-state index < -0.39 is 0 Å². The maximum absolute atomic E-state index is 5.35. The van der Waals surface area contributed by atoms with E-state index in [4.69, 9.17) is 20.0 Å². The monoisotopic (exact) mass is 676 g/mol. The highest BCUT2D eigenvalue weighted by Gasteiger charge is 2.28. The van der Waals surface area contributed by atoms with Crippen molar-refractivity contribution in [3.8, 4) is 0 Å². The molecular formula is C44H36N8+4. The van der Waals surface area contributed by atoms with E-state index >= 15 is 0 Å². The van der Waals surface area contributed by atoms with Crippen molar-refractivity contribution in [1.82, 2.24) is 0 Å². The van der Waals surface area contributed by atoms with Gasteiger partial charge in [-0.2, -0.15) is 0 Å². The molecule has 0 saturated carbocycles. The molecule has 0 aromatic carbocycles. The Kier molecular flexibility index (Phi) is 7.51. The van der Waals surface area contributed by atoms with Gasteiger partial charge in [-0.3, -0.25) is 0 Å². The van der Waals surface area contributed by atoms with Crippen LogP contribution in [0.2, 0.25) is 0 Å². The molecule has 0 unspecified atom stereocenters. The van der Waals surface area contributed by atoms with Gasteiger partial charge < -0.3 is 0 Å². The molecule has 8 bridgehead atoms. The topological polar surface area (TPSA) is 65.0 Å². The Balaban J connectivity index is 1.36. The van der Waals surface area contributed by atoms with E-state index in [1.165, 1.54) is 0 Å². The molecule has 4 aromatic heterocycles. The van der Waals surface area contributed by atoms with Crippen LogP contribution >= 0.6 is 0 Å². The number of nitrogens with zero attached hydrogens (tertiary/aromatic N) is 8. The van der Waals surface area contributed by atoms with E-state index in [1.807, 2.05) is 46.5 Å². The Hall–Kier alpha value is -6.80. The molecule has 0 fully saturated rings. The predicted octanol–water partition coefficient (Wildman–Crippen LogP) is 4.99. The summed E-state index contributed by atoms with van der Waals surface area (Å²) in [5, 5.41) is 0. The zero-order chi connectivity index (χ0) is 35.3. The van der Waals surface area contributed by atoms with Gasteiger partial charge in [0.05, 0.1) is 45.6 Å². The van der Waals surface area contributed by atoms with Gasteiger partial charge >= 0.3 is 0 Å². The van der Waals surface area contributed by atoms with Crippen LogP contribution in [0, 0.1) is 0 Å². The highest BCUT2D eigenvalue weighted by Crippen LogP contribution is 2.38. The highest BCUT2D eigenvalue weighted by atomic mass is 14.9. The van der Waals surface area contributed by atoms with Crippen molar-refractivity contribution in [2.45, 2.75) is 0 Å². The molecule has 52 heavy (non-hydrogen) atoms. The third kappa shape index (κ3) is 5.60. The average molecular weight is 677 g/mol. The fourth-order valence-corrected chi connectivity index (χ4v) is 6.94. The summed E-state index contributed by atoms with van der Waals surface area (Å²) < 4.78 is 8.14. The lowest BCUT2D eigenvalue weighted by Crippen LogP contribution is -2.26. The summed E-state index contributed by atoms with van der Waals surface area (Å²) in [6, 6.07) is 17.0. The van der Waals surface area contributed by atoms with Gasteiger partial charge in [-0.05, 0) is 70.9 Å². The highest BCUT2D eigenvalue weighted by molar-refractivity contribution is 6.39. The summed E-state index contributed by atoms with van der Waals surface area (Å²) in [5.74, 6) is 0. The maximum Gasteiger partial charge on any atom is 0.169 e. The van der Waals surface area contributed by atoms with Gasteiger partial charge in [0.15, 0.2) is 49.6 Å². The maximum atomic E-state index is 5.35. The van der Waals surface area contributed by atoms with Crippen LogP contribution in [0.25, 0.3) is 22.3 Å². The molecule has 8 nitrogen and oxygen atoms in total. The zero-order valence-electron chi connectivity index (χ0n) is 29.4. The molecule has 0 saturated heterocycles. The van der Waals surface area contributed by atoms with Crippen LogP contribution in [-0.2, 0) is 28.2 Å². The van der Waals surface area contributed by atoms with Gasteiger partial charge in [-0.15, -0.1) is 0 Å². The Labute approximate surface area is 302 Å². The SMILES string of the molecule is C[n+]1ccc(C2=C3C=CC(=N3)C(c3cc[n+](C)cc3)=C3C=CC(=N3)C(c3cc[n+](C)cc3)=C3C=CC(=N3)C(c3cc[n+](C)cc3)=C3C=CC2=N3)cc1. The summed E-state index contributed by atoms with van der Waals surface area (Å²) in [4.78, 5) is 21.4. The summed E-state index contributed by atoms with van der Waals surface area (Å²) >= 11 is 0. The van der Waals surface area contributed by atoms with Crippen LogP contribution in [0.5, 0.6) is 0 Å². The van der Waals surface area contributed by atoms with Crippen LogP contribution in [0.1, 0.15) is 22.3 Å². The third-order valence-corrected chi connectivity index (χ3v) is 9.68. The number of aromatic nitrogens is 4. The third-order valence-electron chi connectivity index (χ3n) is 9.68. The first kappa shape index (κ1) is 31.2. The zero-order valence-corrected chi connectivity index (χ0v) is 29.4. The molecule has 8 heteroatoms. The van der Waals surface area contributed by atoms with Crippen LogP contribution < -0.4 is 18.3 Å². The lowest BCUT2D eigenvalue weighted by atomic mass is 9.99. The molecule has 4 aromatic rings. The second-order valence-electron chi connectivity index (χ2n) is 13.4. The number of aliphatic imine (C=N–C) groups is 4. The lowest BCUT2D eigenvalue weighted by molar-refractivity contribution is -0.671. The minimum absolute atomic E-state index is 0.845. The Morgan fingerprint density at radius 3 is 0.673 bits per heavy atom. The van der Waals surface area contributed by atoms with Crippen molar-refractivity contribution < 1.29 is 18.3 Å². The largest absolute Gasteiger partial charge is 0.248 e. The molecule has 0 atom stereocenters. The molecule has 9 rings (SSSR count). The number of pyridine rings is 4. The first-order valence-electron chi connectivity index (χ1n) is 17.3. The van der Waals surface area contributed by atoms with E-state index in [9.17, 15) is 0 Å². The lowest BCUT2D eigenvalue weighted by Gasteiger charge is -2.12. The minimum Gasteiger partial charge on any atom is -0.248 e. The van der Waals surface area contributed by atoms with Crippen LogP contribution in [0.15, 0.2) is 189 Å². The first-order chi connectivity index (χ1) is 25.4. The molecular weight excluding hydrogens is 641 g/mol. The average Bonchev–Trinajstić information content (AvgIpc) is 3.99. The predicted molar refractivity (Wildman–Crippen MR) is 204 cm³/mol. The van der Waals surface area contributed by atoms with Gasteiger partial charge in [-0.1, -0.05) is 0 Å². The molecule has 0 N–H and O–H groups in total. The smallest absolute Gasteiger partial charge is 0.169 e. The molecule has 0 aliphatic carbocycles. The molecule has 9 heterocycles. The molecule has 0 amide bonds. The summed E-state index contributed by atoms with van der Waals surface area (Å²) in [6.07, 6.45) is 33.3. The van der Waals surface area contributed by atoms with Crippen molar-refractivity contribution in [3.63, 3.8) is 0 Å². The van der Waals surface area contributed by atoms with E-state index in [0.717, 1.165) is 90.2 Å². The van der Waals surface area contributed by atoms with Gasteiger partial charge in [0.25, 0.3) is 0 Å². The van der Waals surface area contributed by atoms with E-state index in [1.54, 1.807) is 0 Å². The minimum atomic E-state index is 0.845.